The first-order chi connectivity index (χ1) is 19.4. The van der Waals surface area contributed by atoms with Gasteiger partial charge in [0.1, 0.15) is 21.5 Å². The Morgan fingerprint density at radius 2 is 1.77 bits per heavy atom. The van der Waals surface area contributed by atoms with Gasteiger partial charge in [-0.25, -0.2) is 14.8 Å². The monoisotopic (exact) mass is 572 g/mol. The third-order valence-corrected chi connectivity index (χ3v) is 8.33. The van der Waals surface area contributed by atoms with Crippen molar-refractivity contribution in [1.29, 1.82) is 0 Å². The van der Waals surface area contributed by atoms with E-state index in [9.17, 15) is 14.4 Å². The number of thioether (sulfide) groups is 1. The summed E-state index contributed by atoms with van der Waals surface area (Å²) in [6.07, 6.45) is 0.592. The number of benzene rings is 2. The number of nitrogens with one attached hydrogen (secondary N) is 1. The summed E-state index contributed by atoms with van der Waals surface area (Å²) in [6, 6.07) is 21.4. The van der Waals surface area contributed by atoms with Crippen LogP contribution in [0.5, 0.6) is 0 Å². The van der Waals surface area contributed by atoms with E-state index in [4.69, 9.17) is 5.73 Å². The molecule has 9 nitrogen and oxygen atoms in total. The first-order valence-corrected chi connectivity index (χ1v) is 14.6. The Morgan fingerprint density at radius 3 is 2.48 bits per heavy atom. The van der Waals surface area contributed by atoms with Crippen LogP contribution in [0.25, 0.3) is 20.7 Å². The summed E-state index contributed by atoms with van der Waals surface area (Å²) < 4.78 is 1.28. The lowest BCUT2D eigenvalue weighted by molar-refractivity contribution is -0.116. The van der Waals surface area contributed by atoms with E-state index in [1.807, 2.05) is 80.6 Å². The van der Waals surface area contributed by atoms with Crippen molar-refractivity contribution in [3.05, 3.63) is 99.0 Å². The number of anilines is 2. The number of carbonyl (C=O) groups is 1. The summed E-state index contributed by atoms with van der Waals surface area (Å²) >= 11 is 2.87. The summed E-state index contributed by atoms with van der Waals surface area (Å²) in [7, 11) is 0. The Balaban J connectivity index is 1.44. The topological polar surface area (TPSA) is 127 Å². The number of carbonyl (C=O) groups excluding carboxylic acids is 1. The van der Waals surface area contributed by atoms with Crippen molar-refractivity contribution in [2.24, 2.45) is 0 Å². The number of aryl methyl sites for hydroxylation is 1. The van der Waals surface area contributed by atoms with E-state index in [1.165, 1.54) is 21.2 Å². The summed E-state index contributed by atoms with van der Waals surface area (Å²) in [5.41, 5.74) is 6.98. The molecular formula is C29H28N6O3S2. The van der Waals surface area contributed by atoms with Crippen LogP contribution < -0.4 is 21.9 Å². The highest BCUT2D eigenvalue weighted by molar-refractivity contribution is 8.00. The van der Waals surface area contributed by atoms with E-state index in [1.54, 1.807) is 11.3 Å². The van der Waals surface area contributed by atoms with Gasteiger partial charge in [0.15, 0.2) is 5.69 Å². The lowest BCUT2D eigenvalue weighted by atomic mass is 10.2. The number of nitrogens with two attached hydrogens (primary N) is 1. The van der Waals surface area contributed by atoms with Crippen LogP contribution in [0.15, 0.2) is 81.3 Å². The molecule has 0 fully saturated rings. The summed E-state index contributed by atoms with van der Waals surface area (Å²) in [4.78, 5) is 54.0. The zero-order valence-corrected chi connectivity index (χ0v) is 23.7. The first kappa shape index (κ1) is 27.4. The molecule has 0 atom stereocenters. The Labute approximate surface area is 238 Å². The molecule has 0 radical (unpaired) electrons. The maximum atomic E-state index is 13.6. The van der Waals surface area contributed by atoms with Crippen molar-refractivity contribution in [2.45, 2.75) is 31.8 Å². The van der Waals surface area contributed by atoms with Crippen LogP contribution in [0.4, 0.5) is 11.5 Å². The van der Waals surface area contributed by atoms with E-state index < -0.39 is 11.2 Å². The molecule has 11 heteroatoms. The number of hydrogen-bond donors (Lipinski definition) is 2. The van der Waals surface area contributed by atoms with Gasteiger partial charge in [0.25, 0.3) is 5.56 Å². The second kappa shape index (κ2) is 11.9. The minimum Gasteiger partial charge on any atom is -0.383 e. The minimum absolute atomic E-state index is 0.0195. The summed E-state index contributed by atoms with van der Waals surface area (Å²) in [6.45, 7) is 4.17. The number of nitrogen functional groups attached to an aromatic ring is 1. The lowest BCUT2D eigenvalue weighted by Crippen LogP contribution is -2.42. The second-order valence-electron chi connectivity index (χ2n) is 9.17. The standard InChI is InChI=1S/C29H28N6O3S2/c1-3-14-34(24-25(30)35(29(38)33-26(24)37)16-19-10-6-4-7-11-19)23(36)17-39-27-21-15-22(20-12-8-5-9-13-20)40-28(21)32-18(2)31-27/h4-13,15H,3,14,16-17,30H2,1-2H3,(H,33,37,38). The van der Waals surface area contributed by atoms with Gasteiger partial charge in [-0.05, 0) is 30.5 Å². The number of fused-ring (bicyclic) bond motifs is 1. The van der Waals surface area contributed by atoms with E-state index in [-0.39, 0.29) is 36.3 Å². The predicted molar refractivity (Wildman–Crippen MR) is 162 cm³/mol. The number of amides is 1. The molecule has 3 heterocycles. The highest BCUT2D eigenvalue weighted by Crippen LogP contribution is 2.36. The average molecular weight is 573 g/mol. The van der Waals surface area contributed by atoms with Gasteiger partial charge in [-0.2, -0.15) is 0 Å². The number of H-pyrrole nitrogens is 1. The quantitative estimate of drug-likeness (QED) is 0.194. The van der Waals surface area contributed by atoms with Crippen LogP contribution in [0, 0.1) is 6.92 Å². The SMILES string of the molecule is CCCN(C(=O)CSc1nc(C)nc2sc(-c3ccccc3)cc12)c1c(N)n(Cc2ccccc2)c(=O)[nH]c1=O. The van der Waals surface area contributed by atoms with E-state index in [0.717, 1.165) is 26.2 Å². The smallest absolute Gasteiger partial charge is 0.330 e. The molecule has 40 heavy (non-hydrogen) atoms. The van der Waals surface area contributed by atoms with Crippen LogP contribution in [-0.2, 0) is 11.3 Å². The van der Waals surface area contributed by atoms with Crippen LogP contribution in [-0.4, -0.2) is 37.7 Å². The number of aromatic amines is 1. The molecule has 5 aromatic rings. The van der Waals surface area contributed by atoms with Crippen molar-refractivity contribution < 1.29 is 4.79 Å². The molecule has 0 aliphatic carbocycles. The molecule has 204 valence electrons. The van der Waals surface area contributed by atoms with Gasteiger partial charge in [0.2, 0.25) is 5.91 Å². The molecule has 0 saturated carbocycles. The third-order valence-electron chi connectivity index (χ3n) is 6.28. The Bertz CT molecular complexity index is 1780. The molecule has 0 aliphatic heterocycles. The molecule has 0 aliphatic rings. The van der Waals surface area contributed by atoms with Gasteiger partial charge in [0.05, 0.1) is 12.3 Å². The van der Waals surface area contributed by atoms with Crippen LogP contribution in [0.2, 0.25) is 0 Å². The summed E-state index contributed by atoms with van der Waals surface area (Å²) in [5, 5.41) is 1.57. The normalized spacial score (nSPS) is 11.2. The van der Waals surface area contributed by atoms with E-state index in [2.05, 4.69) is 15.0 Å². The number of nitrogens with zero attached hydrogens (tertiary/aromatic N) is 4. The number of rotatable bonds is 9. The Kier molecular flexibility index (Phi) is 8.13. The molecule has 3 N–H and O–H groups in total. The largest absolute Gasteiger partial charge is 0.383 e. The molecule has 0 spiro atoms. The Hall–Kier alpha value is -4.22. The molecule has 5 rings (SSSR count). The van der Waals surface area contributed by atoms with Gasteiger partial charge in [-0.15, -0.1) is 11.3 Å². The zero-order valence-electron chi connectivity index (χ0n) is 22.1. The van der Waals surface area contributed by atoms with Crippen molar-refractivity contribution >= 4 is 50.7 Å². The minimum atomic E-state index is -0.691. The highest BCUT2D eigenvalue weighted by atomic mass is 32.2. The fourth-order valence-corrected chi connectivity index (χ4v) is 6.48. The van der Waals surface area contributed by atoms with Crippen molar-refractivity contribution in [3.8, 4) is 10.4 Å². The molecule has 0 bridgehead atoms. The molecular weight excluding hydrogens is 544 g/mol. The highest BCUT2D eigenvalue weighted by Gasteiger charge is 2.24. The third kappa shape index (κ3) is 5.70. The van der Waals surface area contributed by atoms with E-state index >= 15 is 0 Å². The fraction of sp³-hybridized carbons (Fsp3) is 0.207. The van der Waals surface area contributed by atoms with Gasteiger partial charge in [-0.3, -0.25) is 19.1 Å². The molecule has 2 aromatic carbocycles. The lowest BCUT2D eigenvalue weighted by Gasteiger charge is -2.24. The number of aromatic nitrogens is 4. The van der Waals surface area contributed by atoms with Gasteiger partial charge < -0.3 is 10.6 Å². The maximum Gasteiger partial charge on any atom is 0.330 e. The maximum absolute atomic E-state index is 13.6. The molecule has 1 amide bonds. The first-order valence-electron chi connectivity index (χ1n) is 12.8. The van der Waals surface area contributed by atoms with Crippen LogP contribution in [0.3, 0.4) is 0 Å². The second-order valence-corrected chi connectivity index (χ2v) is 11.2. The molecule has 0 saturated heterocycles. The predicted octanol–water partition coefficient (Wildman–Crippen LogP) is 4.68. The van der Waals surface area contributed by atoms with Crippen molar-refractivity contribution in [3.63, 3.8) is 0 Å². The zero-order chi connectivity index (χ0) is 28.2. The fourth-order valence-electron chi connectivity index (χ4n) is 4.41. The average Bonchev–Trinajstić information content (AvgIpc) is 3.38. The van der Waals surface area contributed by atoms with Crippen molar-refractivity contribution in [2.75, 3.05) is 22.9 Å². The van der Waals surface area contributed by atoms with Crippen LogP contribution in [0.1, 0.15) is 24.7 Å². The van der Waals surface area contributed by atoms with Crippen molar-refractivity contribution in [1.82, 2.24) is 19.5 Å². The van der Waals surface area contributed by atoms with E-state index in [0.29, 0.717) is 17.3 Å². The number of hydrogen-bond acceptors (Lipinski definition) is 8. The Morgan fingerprint density at radius 1 is 1.07 bits per heavy atom. The molecule has 3 aromatic heterocycles. The summed E-state index contributed by atoms with van der Waals surface area (Å²) in [5.74, 6) is 0.286. The van der Waals surface area contributed by atoms with Crippen LogP contribution >= 0.6 is 23.1 Å². The van der Waals surface area contributed by atoms with Gasteiger partial charge >= 0.3 is 5.69 Å². The number of thiophene rings is 1. The molecule has 0 unspecified atom stereocenters. The van der Waals surface area contributed by atoms with Gasteiger partial charge in [-0.1, -0.05) is 79.3 Å². The van der Waals surface area contributed by atoms with Gasteiger partial charge in [0, 0.05) is 16.8 Å².